The van der Waals surface area contributed by atoms with E-state index in [4.69, 9.17) is 5.11 Å². The van der Waals surface area contributed by atoms with E-state index in [2.05, 4.69) is 5.32 Å². The summed E-state index contributed by atoms with van der Waals surface area (Å²) in [5, 5.41) is 24.4. The maximum absolute atomic E-state index is 13.0. The van der Waals surface area contributed by atoms with Crippen LogP contribution >= 0.6 is 0 Å². The number of carboxylic acids is 1. The number of aromatic hydroxyl groups is 1. The second kappa shape index (κ2) is 10.2. The summed E-state index contributed by atoms with van der Waals surface area (Å²) in [6.45, 7) is 1.94. The molecule has 34 heavy (non-hydrogen) atoms. The number of carboxylic acid groups (broad SMARTS) is 1. The number of carbonyl (C=O) groups is 2. The Morgan fingerprint density at radius 3 is 2.29 bits per heavy atom. The van der Waals surface area contributed by atoms with Gasteiger partial charge in [-0.2, -0.15) is 0 Å². The first kappa shape index (κ1) is 23.1. The predicted molar refractivity (Wildman–Crippen MR) is 133 cm³/mol. The molecule has 5 heteroatoms. The Hall–Kier alpha value is -4.12. The minimum Gasteiger partial charge on any atom is -0.507 e. The predicted octanol–water partition coefficient (Wildman–Crippen LogP) is 5.64. The number of fused-ring (bicyclic) bond motifs is 1. The van der Waals surface area contributed by atoms with Gasteiger partial charge in [0.15, 0.2) is 0 Å². The van der Waals surface area contributed by atoms with Gasteiger partial charge in [-0.25, -0.2) is 0 Å². The number of phenols is 1. The molecule has 0 unspecified atom stereocenters. The van der Waals surface area contributed by atoms with Gasteiger partial charge in [0.05, 0.1) is 11.6 Å². The second-order valence-electron chi connectivity index (χ2n) is 8.50. The van der Waals surface area contributed by atoms with Gasteiger partial charge < -0.3 is 15.5 Å². The lowest BCUT2D eigenvalue weighted by atomic mass is 9.98. The number of carbonyl (C=O) groups excluding carboxylic acids is 1. The van der Waals surface area contributed by atoms with E-state index in [1.54, 1.807) is 18.2 Å². The molecule has 3 N–H and O–H groups in total. The van der Waals surface area contributed by atoms with Gasteiger partial charge in [-0.15, -0.1) is 0 Å². The monoisotopic (exact) mass is 453 g/mol. The summed E-state index contributed by atoms with van der Waals surface area (Å²) in [4.78, 5) is 23.8. The third kappa shape index (κ3) is 5.44. The molecule has 0 radical (unpaired) electrons. The van der Waals surface area contributed by atoms with E-state index in [0.29, 0.717) is 12.8 Å². The molecule has 0 saturated carbocycles. The highest BCUT2D eigenvalue weighted by atomic mass is 16.4. The highest BCUT2D eigenvalue weighted by Gasteiger charge is 2.17. The van der Waals surface area contributed by atoms with Gasteiger partial charge in [-0.1, -0.05) is 72.8 Å². The van der Waals surface area contributed by atoms with Gasteiger partial charge in [-0.05, 0) is 64.9 Å². The molecule has 1 amide bonds. The summed E-state index contributed by atoms with van der Waals surface area (Å²) >= 11 is 0. The van der Waals surface area contributed by atoms with Crippen LogP contribution in [-0.4, -0.2) is 22.1 Å². The van der Waals surface area contributed by atoms with Gasteiger partial charge in [0.1, 0.15) is 5.75 Å². The van der Waals surface area contributed by atoms with Crippen LogP contribution < -0.4 is 5.32 Å². The fourth-order valence-corrected chi connectivity index (χ4v) is 4.17. The van der Waals surface area contributed by atoms with Crippen LogP contribution in [0.1, 0.15) is 52.0 Å². The molecule has 0 aliphatic rings. The smallest absolute Gasteiger partial charge is 0.303 e. The fourth-order valence-electron chi connectivity index (χ4n) is 4.17. The largest absolute Gasteiger partial charge is 0.507 e. The Kier molecular flexibility index (Phi) is 6.93. The van der Waals surface area contributed by atoms with Crippen LogP contribution in [0.2, 0.25) is 0 Å². The first-order valence-corrected chi connectivity index (χ1v) is 11.3. The van der Waals surface area contributed by atoms with Crippen molar-refractivity contribution in [2.45, 2.75) is 32.2 Å². The van der Waals surface area contributed by atoms with E-state index in [1.807, 2.05) is 73.7 Å². The number of rotatable bonds is 8. The third-order valence-electron chi connectivity index (χ3n) is 6.00. The summed E-state index contributed by atoms with van der Waals surface area (Å²) in [6, 6.07) is 26.7. The van der Waals surface area contributed by atoms with Crippen LogP contribution in [0.15, 0.2) is 84.9 Å². The lowest BCUT2D eigenvalue weighted by Gasteiger charge is -2.17. The minimum atomic E-state index is -0.811. The molecule has 0 aliphatic carbocycles. The first-order valence-electron chi connectivity index (χ1n) is 11.3. The number of hydrogen-bond acceptors (Lipinski definition) is 3. The van der Waals surface area contributed by atoms with Crippen molar-refractivity contribution in [2.24, 2.45) is 0 Å². The Labute approximate surface area is 198 Å². The Bertz CT molecular complexity index is 1320. The number of aryl methyl sites for hydroxylation is 1. The minimum absolute atomic E-state index is 0.0598. The van der Waals surface area contributed by atoms with Crippen molar-refractivity contribution in [3.8, 4) is 5.75 Å². The fraction of sp³-hybridized carbons (Fsp3) is 0.172. The maximum atomic E-state index is 13.0. The second-order valence-corrected chi connectivity index (χ2v) is 8.50. The Balaban J connectivity index is 1.48. The summed E-state index contributed by atoms with van der Waals surface area (Å²) in [5.41, 5.74) is 4.17. The van der Waals surface area contributed by atoms with Crippen molar-refractivity contribution in [2.75, 3.05) is 0 Å². The van der Waals surface area contributed by atoms with Crippen molar-refractivity contribution in [3.63, 3.8) is 0 Å². The number of hydrogen-bond donors (Lipinski definition) is 3. The van der Waals surface area contributed by atoms with Crippen molar-refractivity contribution >= 4 is 22.6 Å². The molecule has 5 nitrogen and oxygen atoms in total. The van der Waals surface area contributed by atoms with Crippen molar-refractivity contribution in [1.29, 1.82) is 0 Å². The number of amides is 1. The highest BCUT2D eigenvalue weighted by Crippen LogP contribution is 2.26. The topological polar surface area (TPSA) is 86.6 Å². The molecule has 1 atom stereocenters. The van der Waals surface area contributed by atoms with Gasteiger partial charge in [0.25, 0.3) is 5.91 Å². The van der Waals surface area contributed by atoms with Crippen LogP contribution in [0.3, 0.4) is 0 Å². The molecule has 0 heterocycles. The van der Waals surface area contributed by atoms with Gasteiger partial charge in [0, 0.05) is 6.42 Å². The van der Waals surface area contributed by atoms with Crippen LogP contribution in [-0.2, 0) is 17.6 Å². The Morgan fingerprint density at radius 1 is 0.853 bits per heavy atom. The molecular formula is C29H27NO4. The number of nitrogens with one attached hydrogen (secondary N) is 1. The molecule has 0 bridgehead atoms. The zero-order valence-corrected chi connectivity index (χ0v) is 19.0. The molecule has 0 spiro atoms. The van der Waals surface area contributed by atoms with Crippen LogP contribution in [0, 0.1) is 0 Å². The standard InChI is InChI=1S/C29H27NO4/c1-19(24-8-4-6-23-5-2-3-7-25(23)24)30-29(34)26-18-22(13-15-27(26)31)17-21-11-9-20(10-12-21)14-16-28(32)33/h2-13,15,18-19,31H,14,16-17H2,1H3,(H,30,34)(H,32,33)/t19-/m0/s1. The van der Waals surface area contributed by atoms with E-state index in [9.17, 15) is 14.7 Å². The Morgan fingerprint density at radius 2 is 1.53 bits per heavy atom. The quantitative estimate of drug-likeness (QED) is 0.322. The third-order valence-corrected chi connectivity index (χ3v) is 6.00. The molecule has 4 rings (SSSR count). The van der Waals surface area contributed by atoms with Crippen molar-refractivity contribution in [3.05, 3.63) is 113 Å². The number of phenolic OH excluding ortho intramolecular Hbond substituents is 1. The summed E-state index contributed by atoms with van der Waals surface area (Å²) in [6.07, 6.45) is 1.19. The van der Waals surface area contributed by atoms with Gasteiger partial charge in [-0.3, -0.25) is 9.59 Å². The van der Waals surface area contributed by atoms with Crippen LogP contribution in [0.25, 0.3) is 10.8 Å². The van der Waals surface area contributed by atoms with Crippen molar-refractivity contribution in [1.82, 2.24) is 5.32 Å². The highest BCUT2D eigenvalue weighted by molar-refractivity contribution is 5.97. The van der Waals surface area contributed by atoms with E-state index in [1.165, 1.54) is 0 Å². The molecule has 4 aromatic rings. The first-order chi connectivity index (χ1) is 16.4. The zero-order valence-electron chi connectivity index (χ0n) is 19.0. The van der Waals surface area contributed by atoms with Crippen LogP contribution in [0.5, 0.6) is 5.75 Å². The van der Waals surface area contributed by atoms with Crippen molar-refractivity contribution < 1.29 is 19.8 Å². The summed E-state index contributed by atoms with van der Waals surface area (Å²) in [7, 11) is 0. The molecule has 0 aliphatic heterocycles. The average molecular weight is 454 g/mol. The molecule has 0 aromatic heterocycles. The molecule has 172 valence electrons. The SMILES string of the molecule is C[C@H](NC(=O)c1cc(Cc2ccc(CCC(=O)O)cc2)ccc1O)c1cccc2ccccc12. The molecule has 0 saturated heterocycles. The molecule has 0 fully saturated rings. The number of benzene rings is 4. The number of aliphatic carboxylic acids is 1. The van der Waals surface area contributed by atoms with E-state index in [-0.39, 0.29) is 29.7 Å². The summed E-state index contributed by atoms with van der Waals surface area (Å²) < 4.78 is 0. The summed E-state index contributed by atoms with van der Waals surface area (Å²) in [5.74, 6) is -1.20. The average Bonchev–Trinajstić information content (AvgIpc) is 2.84. The van der Waals surface area contributed by atoms with Crippen LogP contribution in [0.4, 0.5) is 0 Å². The zero-order chi connectivity index (χ0) is 24.1. The van der Waals surface area contributed by atoms with Gasteiger partial charge in [0.2, 0.25) is 0 Å². The maximum Gasteiger partial charge on any atom is 0.303 e. The van der Waals surface area contributed by atoms with E-state index in [0.717, 1.165) is 33.0 Å². The lowest BCUT2D eigenvalue weighted by Crippen LogP contribution is -2.27. The lowest BCUT2D eigenvalue weighted by molar-refractivity contribution is -0.136. The van der Waals surface area contributed by atoms with E-state index >= 15 is 0 Å². The molecule has 4 aromatic carbocycles. The van der Waals surface area contributed by atoms with Gasteiger partial charge >= 0.3 is 5.97 Å². The van der Waals surface area contributed by atoms with E-state index < -0.39 is 5.97 Å². The molecular weight excluding hydrogens is 426 g/mol. The normalized spacial score (nSPS) is 11.8.